The van der Waals surface area contributed by atoms with Crippen LogP contribution in [0.15, 0.2) is 12.3 Å². The van der Waals surface area contributed by atoms with Crippen molar-refractivity contribution in [3.05, 3.63) is 29.6 Å². The van der Waals surface area contributed by atoms with E-state index in [1.165, 1.54) is 14.2 Å². The second kappa shape index (κ2) is 6.21. The molecule has 0 aliphatic rings. The number of halogens is 2. The minimum Gasteiger partial charge on any atom is -0.469 e. The van der Waals surface area contributed by atoms with Crippen LogP contribution in [0.25, 0.3) is 0 Å². The normalized spacial score (nSPS) is 11.8. The minimum atomic E-state index is -1.33. The Balaban J connectivity index is 2.83. The summed E-state index contributed by atoms with van der Waals surface area (Å²) >= 11 is 0. The predicted octanol–water partition coefficient (Wildman–Crippen LogP) is 1.24. The summed E-state index contributed by atoms with van der Waals surface area (Å²) in [5.74, 6) is -4.41. The van der Waals surface area contributed by atoms with E-state index in [1.807, 2.05) is 0 Å². The molecule has 1 aromatic heterocycles. The molecule has 0 saturated carbocycles. The Morgan fingerprint density at radius 3 is 2.68 bits per heavy atom. The Bertz CT molecular complexity index is 494. The highest BCUT2D eigenvalue weighted by Gasteiger charge is 2.23. The molecule has 0 aliphatic heterocycles. The van der Waals surface area contributed by atoms with Gasteiger partial charge in [-0.15, -0.1) is 0 Å². The van der Waals surface area contributed by atoms with Crippen molar-refractivity contribution < 1.29 is 23.1 Å². The third kappa shape index (κ3) is 3.46. The summed E-state index contributed by atoms with van der Waals surface area (Å²) in [5, 5.41) is 0. The van der Waals surface area contributed by atoms with Crippen molar-refractivity contribution in [3.8, 4) is 0 Å². The molecule has 0 aromatic carbocycles. The summed E-state index contributed by atoms with van der Waals surface area (Å²) in [6.07, 6.45) is 1.00. The van der Waals surface area contributed by atoms with Gasteiger partial charge in [0, 0.05) is 19.8 Å². The molecule has 0 fully saturated rings. The van der Waals surface area contributed by atoms with Crippen molar-refractivity contribution in [3.63, 3.8) is 0 Å². The lowest BCUT2D eigenvalue weighted by Gasteiger charge is -2.20. The average molecular weight is 272 g/mol. The van der Waals surface area contributed by atoms with E-state index in [0.717, 1.165) is 17.2 Å². The third-order valence-electron chi connectivity index (χ3n) is 2.58. The lowest BCUT2D eigenvalue weighted by molar-refractivity contribution is -0.145. The van der Waals surface area contributed by atoms with Gasteiger partial charge in [-0.1, -0.05) is 6.92 Å². The van der Waals surface area contributed by atoms with Crippen molar-refractivity contribution in [2.24, 2.45) is 5.92 Å². The van der Waals surface area contributed by atoms with Crippen molar-refractivity contribution in [1.29, 1.82) is 0 Å². The number of amides is 1. The molecule has 1 aromatic rings. The number of nitrogens with zero attached hydrogens (tertiary/aromatic N) is 2. The zero-order chi connectivity index (χ0) is 14.6. The zero-order valence-corrected chi connectivity index (χ0v) is 10.8. The fourth-order valence-electron chi connectivity index (χ4n) is 1.56. The molecule has 0 radical (unpaired) electrons. The lowest BCUT2D eigenvalue weighted by Crippen LogP contribution is -2.34. The van der Waals surface area contributed by atoms with Gasteiger partial charge in [0.1, 0.15) is 0 Å². The van der Waals surface area contributed by atoms with Crippen LogP contribution in [0.1, 0.15) is 17.3 Å². The number of rotatable bonds is 4. The summed E-state index contributed by atoms with van der Waals surface area (Å²) in [5.41, 5.74) is -0.424. The van der Waals surface area contributed by atoms with Gasteiger partial charge in [0.05, 0.1) is 18.6 Å². The number of carbonyl (C=O) groups is 2. The summed E-state index contributed by atoms with van der Waals surface area (Å²) in [7, 11) is 2.62. The van der Waals surface area contributed by atoms with E-state index in [2.05, 4.69) is 9.72 Å². The highest BCUT2D eigenvalue weighted by Crippen LogP contribution is 2.12. The van der Waals surface area contributed by atoms with Crippen molar-refractivity contribution >= 4 is 11.9 Å². The minimum absolute atomic E-state index is 0.0366. The first-order valence-corrected chi connectivity index (χ1v) is 5.51. The van der Waals surface area contributed by atoms with Crippen LogP contribution >= 0.6 is 0 Å². The van der Waals surface area contributed by atoms with E-state index >= 15 is 0 Å². The molecule has 7 heteroatoms. The van der Waals surface area contributed by atoms with Gasteiger partial charge in [-0.25, -0.2) is 9.37 Å². The van der Waals surface area contributed by atoms with E-state index in [-0.39, 0.29) is 6.54 Å². The molecule has 19 heavy (non-hydrogen) atoms. The molecule has 1 atom stereocenters. The van der Waals surface area contributed by atoms with E-state index in [0.29, 0.717) is 0 Å². The molecule has 0 bridgehead atoms. The van der Waals surface area contributed by atoms with E-state index in [4.69, 9.17) is 0 Å². The molecule has 1 rings (SSSR count). The smallest absolute Gasteiger partial charge is 0.310 e. The Hall–Kier alpha value is -2.05. The van der Waals surface area contributed by atoms with Gasteiger partial charge in [0.25, 0.3) is 5.91 Å². The Kier molecular flexibility index (Phi) is 4.91. The Morgan fingerprint density at radius 2 is 2.11 bits per heavy atom. The molecule has 0 aliphatic carbocycles. The first-order chi connectivity index (χ1) is 8.88. The number of hydrogen-bond acceptors (Lipinski definition) is 4. The van der Waals surface area contributed by atoms with Gasteiger partial charge in [0.15, 0.2) is 5.82 Å². The summed E-state index contributed by atoms with van der Waals surface area (Å²) in [4.78, 5) is 27.3. The van der Waals surface area contributed by atoms with E-state index in [1.54, 1.807) is 6.92 Å². The fourth-order valence-corrected chi connectivity index (χ4v) is 1.56. The SMILES string of the molecule is COC(=O)C(C)CN(C)C(=O)c1ccnc(F)c1F. The number of carbonyl (C=O) groups excluding carboxylic acids is 2. The first kappa shape index (κ1) is 15.0. The maximum atomic E-state index is 13.4. The molecule has 1 unspecified atom stereocenters. The highest BCUT2D eigenvalue weighted by atomic mass is 19.2. The molecule has 0 spiro atoms. The van der Waals surface area contributed by atoms with E-state index in [9.17, 15) is 18.4 Å². The van der Waals surface area contributed by atoms with Crippen LogP contribution < -0.4 is 0 Å². The van der Waals surface area contributed by atoms with Gasteiger partial charge < -0.3 is 9.64 Å². The molecule has 0 saturated heterocycles. The fraction of sp³-hybridized carbons (Fsp3) is 0.417. The van der Waals surface area contributed by atoms with Crippen LogP contribution in [0.3, 0.4) is 0 Å². The second-order valence-electron chi connectivity index (χ2n) is 4.07. The zero-order valence-electron chi connectivity index (χ0n) is 10.8. The summed E-state index contributed by atoms with van der Waals surface area (Å²) < 4.78 is 30.8. The van der Waals surface area contributed by atoms with Crippen LogP contribution in [-0.2, 0) is 9.53 Å². The molecule has 1 amide bonds. The molecular formula is C12H14F2N2O3. The molecule has 5 nitrogen and oxygen atoms in total. The predicted molar refractivity (Wildman–Crippen MR) is 62.3 cm³/mol. The number of esters is 1. The highest BCUT2D eigenvalue weighted by molar-refractivity contribution is 5.94. The number of ether oxygens (including phenoxy) is 1. The standard InChI is InChI=1S/C12H14F2N2O3/c1-7(12(18)19-3)6-16(2)11(17)8-4-5-15-10(14)9(8)13/h4-5,7H,6H2,1-3H3. The monoisotopic (exact) mass is 272 g/mol. The van der Waals surface area contributed by atoms with Crippen LogP contribution in [0.4, 0.5) is 8.78 Å². The maximum absolute atomic E-state index is 13.4. The molecular weight excluding hydrogens is 258 g/mol. The van der Waals surface area contributed by atoms with Crippen LogP contribution in [0, 0.1) is 17.7 Å². The molecule has 0 N–H and O–H groups in total. The second-order valence-corrected chi connectivity index (χ2v) is 4.07. The summed E-state index contributed by atoms with van der Waals surface area (Å²) in [6.45, 7) is 1.61. The number of aromatic nitrogens is 1. The van der Waals surface area contributed by atoms with Gasteiger partial charge in [-0.05, 0) is 6.07 Å². The summed E-state index contributed by atoms with van der Waals surface area (Å²) in [6, 6.07) is 1.08. The number of methoxy groups -OCH3 is 1. The maximum Gasteiger partial charge on any atom is 0.310 e. The molecule has 1 heterocycles. The van der Waals surface area contributed by atoms with Crippen LogP contribution in [-0.4, -0.2) is 42.5 Å². The first-order valence-electron chi connectivity index (χ1n) is 5.51. The average Bonchev–Trinajstić information content (AvgIpc) is 2.39. The lowest BCUT2D eigenvalue weighted by atomic mass is 10.1. The van der Waals surface area contributed by atoms with Crippen molar-refractivity contribution in [2.75, 3.05) is 20.7 Å². The van der Waals surface area contributed by atoms with Gasteiger partial charge in [0.2, 0.25) is 5.95 Å². The Labute approximate surface area is 109 Å². The number of pyridine rings is 1. The largest absolute Gasteiger partial charge is 0.469 e. The van der Waals surface area contributed by atoms with Crippen molar-refractivity contribution in [1.82, 2.24) is 9.88 Å². The van der Waals surface area contributed by atoms with Gasteiger partial charge in [-0.2, -0.15) is 4.39 Å². The topological polar surface area (TPSA) is 59.5 Å². The Morgan fingerprint density at radius 1 is 1.47 bits per heavy atom. The molecule has 104 valence electrons. The van der Waals surface area contributed by atoms with Crippen LogP contribution in [0.2, 0.25) is 0 Å². The van der Waals surface area contributed by atoms with Crippen molar-refractivity contribution in [2.45, 2.75) is 6.92 Å². The number of hydrogen-bond donors (Lipinski definition) is 0. The van der Waals surface area contributed by atoms with E-state index < -0.39 is 35.1 Å². The third-order valence-corrected chi connectivity index (χ3v) is 2.58. The van der Waals surface area contributed by atoms with Crippen LogP contribution in [0.5, 0.6) is 0 Å². The van der Waals surface area contributed by atoms with Gasteiger partial charge >= 0.3 is 5.97 Å². The quantitative estimate of drug-likeness (QED) is 0.611. The van der Waals surface area contributed by atoms with Gasteiger partial charge in [-0.3, -0.25) is 9.59 Å².